The molecule has 2 aromatic rings. The second kappa shape index (κ2) is 5.24. The summed E-state index contributed by atoms with van der Waals surface area (Å²) < 4.78 is 0. The first-order valence-corrected chi connectivity index (χ1v) is 7.71. The second-order valence-electron chi connectivity index (χ2n) is 5.67. The molecule has 0 aromatic heterocycles. The number of benzene rings is 2. The van der Waals surface area contributed by atoms with Crippen LogP contribution in [0.1, 0.15) is 24.8 Å². The average Bonchev–Trinajstić information content (AvgIpc) is 2.72. The molecule has 0 aliphatic carbocycles. The Kier molecular flexibility index (Phi) is 3.11. The molecule has 1 saturated heterocycles. The lowest BCUT2D eigenvalue weighted by Gasteiger charge is -2.30. The molecule has 2 heterocycles. The highest BCUT2D eigenvalue weighted by Crippen LogP contribution is 2.34. The van der Waals surface area contributed by atoms with Gasteiger partial charge in [-0.3, -0.25) is 0 Å². The lowest BCUT2D eigenvalue weighted by Crippen LogP contribution is -2.36. The summed E-state index contributed by atoms with van der Waals surface area (Å²) in [6.45, 7) is 2.21. The first-order valence-electron chi connectivity index (χ1n) is 7.71. The molecule has 21 heavy (non-hydrogen) atoms. The molecule has 1 N–H and O–H groups in total. The van der Waals surface area contributed by atoms with E-state index in [2.05, 4.69) is 52.7 Å². The predicted octanol–water partition coefficient (Wildman–Crippen LogP) is 4.31. The van der Waals surface area contributed by atoms with E-state index in [0.29, 0.717) is 0 Å². The molecule has 1 fully saturated rings. The first-order chi connectivity index (χ1) is 10.4. The third kappa shape index (κ3) is 2.29. The fourth-order valence-electron chi connectivity index (χ4n) is 3.13. The molecule has 2 aromatic carbocycles. The van der Waals surface area contributed by atoms with Gasteiger partial charge in [0.05, 0.1) is 11.4 Å². The summed E-state index contributed by atoms with van der Waals surface area (Å²) in [6, 6.07) is 16.7. The van der Waals surface area contributed by atoms with Crippen LogP contribution in [0.5, 0.6) is 0 Å². The number of aliphatic imine (C=N–C) groups is 1. The number of rotatable bonds is 0. The Morgan fingerprint density at radius 2 is 1.52 bits per heavy atom. The van der Waals surface area contributed by atoms with E-state index in [1.54, 1.807) is 0 Å². The van der Waals surface area contributed by atoms with E-state index in [9.17, 15) is 0 Å². The molecule has 3 heteroatoms. The molecule has 4 rings (SSSR count). The third-order valence-corrected chi connectivity index (χ3v) is 4.22. The highest BCUT2D eigenvalue weighted by Gasteiger charge is 2.22. The minimum Gasteiger partial charge on any atom is -0.356 e. The van der Waals surface area contributed by atoms with Gasteiger partial charge in [0.1, 0.15) is 5.84 Å². The number of fused-ring (bicyclic) bond motifs is 2. The molecule has 0 atom stereocenters. The van der Waals surface area contributed by atoms with Gasteiger partial charge in [-0.25, -0.2) is 4.99 Å². The zero-order valence-corrected chi connectivity index (χ0v) is 12.0. The van der Waals surface area contributed by atoms with Crippen molar-refractivity contribution >= 4 is 22.9 Å². The Balaban J connectivity index is 1.87. The molecule has 2 aliphatic rings. The largest absolute Gasteiger partial charge is 0.356 e. The lowest BCUT2D eigenvalue weighted by atomic mass is 10.1. The lowest BCUT2D eigenvalue weighted by molar-refractivity contribution is 0.343. The van der Waals surface area contributed by atoms with Crippen LogP contribution < -0.4 is 5.32 Å². The van der Waals surface area contributed by atoms with Gasteiger partial charge in [0.25, 0.3) is 0 Å². The Morgan fingerprint density at radius 1 is 0.810 bits per heavy atom. The van der Waals surface area contributed by atoms with Gasteiger partial charge in [-0.2, -0.15) is 0 Å². The summed E-state index contributed by atoms with van der Waals surface area (Å²) in [5.41, 5.74) is 4.45. The number of anilines is 2. The minimum atomic E-state index is 1.02. The molecule has 3 nitrogen and oxygen atoms in total. The smallest absolute Gasteiger partial charge is 0.138 e. The third-order valence-electron chi connectivity index (χ3n) is 4.22. The van der Waals surface area contributed by atoms with Crippen molar-refractivity contribution in [3.05, 3.63) is 54.1 Å². The Bertz CT molecular complexity index is 684. The van der Waals surface area contributed by atoms with Crippen LogP contribution in [0.2, 0.25) is 0 Å². The van der Waals surface area contributed by atoms with Crippen LogP contribution in [0.25, 0.3) is 0 Å². The topological polar surface area (TPSA) is 27.6 Å². The number of nitrogens with zero attached hydrogens (tertiary/aromatic N) is 2. The molecular formula is C18H19N3. The summed E-state index contributed by atoms with van der Waals surface area (Å²) >= 11 is 0. The Morgan fingerprint density at radius 3 is 2.38 bits per heavy atom. The standard InChI is InChI=1S/C18H19N3/c1-6-12-21(13-7-1)18-14-8-2-3-9-15(14)19-16-10-4-5-11-17(16)20-18/h2-5,8-11,19H,1,6-7,12-13H2. The summed E-state index contributed by atoms with van der Waals surface area (Å²) in [4.78, 5) is 7.42. The second-order valence-corrected chi connectivity index (χ2v) is 5.67. The summed E-state index contributed by atoms with van der Waals surface area (Å²) in [7, 11) is 0. The van der Waals surface area contributed by atoms with Crippen molar-refractivity contribution in [3.63, 3.8) is 0 Å². The zero-order valence-electron chi connectivity index (χ0n) is 12.0. The molecule has 0 amide bonds. The van der Waals surface area contributed by atoms with Crippen LogP contribution in [-0.2, 0) is 0 Å². The van der Waals surface area contributed by atoms with Gasteiger partial charge in [0, 0.05) is 24.3 Å². The van der Waals surface area contributed by atoms with Crippen LogP contribution >= 0.6 is 0 Å². The van der Waals surface area contributed by atoms with Gasteiger partial charge in [-0.15, -0.1) is 0 Å². The highest BCUT2D eigenvalue weighted by atomic mass is 15.2. The number of nitrogens with one attached hydrogen (secondary N) is 1. The molecule has 2 aliphatic heterocycles. The molecular weight excluding hydrogens is 258 g/mol. The van der Waals surface area contributed by atoms with Gasteiger partial charge in [0.2, 0.25) is 0 Å². The van der Waals surface area contributed by atoms with Crippen LogP contribution in [-0.4, -0.2) is 23.8 Å². The van der Waals surface area contributed by atoms with E-state index in [-0.39, 0.29) is 0 Å². The predicted molar refractivity (Wildman–Crippen MR) is 87.8 cm³/mol. The summed E-state index contributed by atoms with van der Waals surface area (Å²) in [5, 5.41) is 3.53. The van der Waals surface area contributed by atoms with E-state index >= 15 is 0 Å². The first kappa shape index (κ1) is 12.5. The van der Waals surface area contributed by atoms with Crippen LogP contribution in [0.15, 0.2) is 53.5 Å². The van der Waals surface area contributed by atoms with E-state index in [4.69, 9.17) is 4.99 Å². The van der Waals surface area contributed by atoms with Gasteiger partial charge < -0.3 is 10.2 Å². The van der Waals surface area contributed by atoms with Crippen molar-refractivity contribution in [2.45, 2.75) is 19.3 Å². The van der Waals surface area contributed by atoms with Crippen molar-refractivity contribution in [1.29, 1.82) is 0 Å². The molecule has 0 radical (unpaired) electrons. The Hall–Kier alpha value is -2.29. The van der Waals surface area contributed by atoms with E-state index in [1.165, 1.54) is 24.8 Å². The summed E-state index contributed by atoms with van der Waals surface area (Å²) in [6.07, 6.45) is 3.85. The number of para-hydroxylation sites is 3. The van der Waals surface area contributed by atoms with Gasteiger partial charge >= 0.3 is 0 Å². The van der Waals surface area contributed by atoms with Crippen molar-refractivity contribution < 1.29 is 0 Å². The van der Waals surface area contributed by atoms with Crippen molar-refractivity contribution in [2.75, 3.05) is 18.4 Å². The quantitative estimate of drug-likeness (QED) is 0.777. The van der Waals surface area contributed by atoms with Gasteiger partial charge in [0.15, 0.2) is 0 Å². The number of piperidine rings is 1. The molecule has 106 valence electrons. The van der Waals surface area contributed by atoms with Gasteiger partial charge in [-0.1, -0.05) is 24.3 Å². The van der Waals surface area contributed by atoms with Crippen molar-refractivity contribution in [2.24, 2.45) is 4.99 Å². The normalized spacial score (nSPS) is 17.1. The highest BCUT2D eigenvalue weighted by molar-refractivity contribution is 6.07. The van der Waals surface area contributed by atoms with E-state index < -0.39 is 0 Å². The van der Waals surface area contributed by atoms with Crippen LogP contribution in [0.3, 0.4) is 0 Å². The number of hydrogen-bond donors (Lipinski definition) is 1. The van der Waals surface area contributed by atoms with E-state index in [0.717, 1.165) is 36.0 Å². The molecule has 0 saturated carbocycles. The molecule has 0 unspecified atom stereocenters. The fourth-order valence-corrected chi connectivity index (χ4v) is 3.13. The van der Waals surface area contributed by atoms with Gasteiger partial charge in [-0.05, 0) is 43.5 Å². The van der Waals surface area contributed by atoms with Crippen molar-refractivity contribution in [3.8, 4) is 0 Å². The number of hydrogen-bond acceptors (Lipinski definition) is 3. The number of amidine groups is 1. The zero-order chi connectivity index (χ0) is 14.1. The maximum Gasteiger partial charge on any atom is 0.138 e. The maximum atomic E-state index is 4.98. The Labute approximate surface area is 125 Å². The fraction of sp³-hybridized carbons (Fsp3) is 0.278. The summed E-state index contributed by atoms with van der Waals surface area (Å²) in [5.74, 6) is 1.11. The molecule has 0 bridgehead atoms. The van der Waals surface area contributed by atoms with Crippen molar-refractivity contribution in [1.82, 2.24) is 4.90 Å². The average molecular weight is 277 g/mol. The van der Waals surface area contributed by atoms with Crippen LogP contribution in [0, 0.1) is 0 Å². The number of likely N-dealkylation sites (tertiary alicyclic amines) is 1. The monoisotopic (exact) mass is 277 g/mol. The van der Waals surface area contributed by atoms with Crippen LogP contribution in [0.4, 0.5) is 17.1 Å². The van der Waals surface area contributed by atoms with E-state index in [1.807, 2.05) is 6.07 Å². The maximum absolute atomic E-state index is 4.98. The minimum absolute atomic E-state index is 1.02. The SMILES string of the molecule is c1ccc2c(c1)N=C(N1CCCCC1)c1ccccc1N2. The molecule has 0 spiro atoms.